The minimum atomic E-state index is -0.158. The lowest BCUT2D eigenvalue weighted by atomic mass is 10.2. The molecule has 0 saturated carbocycles. The zero-order chi connectivity index (χ0) is 15.1. The summed E-state index contributed by atoms with van der Waals surface area (Å²) in [7, 11) is 0. The van der Waals surface area contributed by atoms with E-state index in [9.17, 15) is 4.79 Å². The number of carbonyl (C=O) groups excluding carboxylic acids is 1. The first-order valence-corrected chi connectivity index (χ1v) is 8.66. The molecule has 1 amide bonds. The van der Waals surface area contributed by atoms with E-state index in [4.69, 9.17) is 10.2 Å². The Bertz CT molecular complexity index is 595. The molecule has 1 aromatic heterocycles. The maximum Gasteiger partial charge on any atom is 0.287 e. The number of unbranched alkanes of at least 4 members (excludes halogenated alkanes) is 3. The molecule has 5 heteroatoms. The molecule has 0 unspecified atom stereocenters. The minimum Gasteiger partial charge on any atom is -0.451 e. The van der Waals surface area contributed by atoms with E-state index in [0.717, 1.165) is 18.2 Å². The Kier molecular flexibility index (Phi) is 5.99. The second-order valence-corrected chi connectivity index (χ2v) is 6.06. The number of nitrogens with one attached hydrogen (secondary N) is 1. The van der Waals surface area contributed by atoms with Crippen LogP contribution in [0.25, 0.3) is 11.0 Å². The van der Waals surface area contributed by atoms with E-state index in [0.29, 0.717) is 23.6 Å². The first-order valence-electron chi connectivity index (χ1n) is 7.27. The lowest BCUT2D eigenvalue weighted by molar-refractivity contribution is 0.0927. The lowest BCUT2D eigenvalue weighted by Crippen LogP contribution is -2.23. The number of rotatable bonds is 8. The van der Waals surface area contributed by atoms with E-state index in [-0.39, 0.29) is 5.91 Å². The highest BCUT2D eigenvalue weighted by Crippen LogP contribution is 2.21. The van der Waals surface area contributed by atoms with Crippen LogP contribution in [-0.4, -0.2) is 24.5 Å². The lowest BCUT2D eigenvalue weighted by Gasteiger charge is -2.03. The Labute approximate surface area is 129 Å². The van der Waals surface area contributed by atoms with Crippen LogP contribution in [0.4, 0.5) is 5.69 Å². The Morgan fingerprint density at radius 3 is 2.86 bits per heavy atom. The van der Waals surface area contributed by atoms with Gasteiger partial charge in [0.05, 0.1) is 0 Å². The van der Waals surface area contributed by atoms with Gasteiger partial charge in [0.25, 0.3) is 5.91 Å². The van der Waals surface area contributed by atoms with Gasteiger partial charge in [-0.15, -0.1) is 0 Å². The van der Waals surface area contributed by atoms with Crippen LogP contribution in [-0.2, 0) is 0 Å². The molecule has 0 bridgehead atoms. The summed E-state index contributed by atoms with van der Waals surface area (Å²) in [5.74, 6) is 1.40. The number of amides is 1. The third-order valence-electron chi connectivity index (χ3n) is 3.32. The van der Waals surface area contributed by atoms with E-state index in [1.807, 2.05) is 11.8 Å². The van der Waals surface area contributed by atoms with Gasteiger partial charge < -0.3 is 15.5 Å². The monoisotopic (exact) mass is 306 g/mol. The first-order chi connectivity index (χ1) is 10.2. The average molecular weight is 306 g/mol. The van der Waals surface area contributed by atoms with Crippen LogP contribution in [0.2, 0.25) is 0 Å². The fourth-order valence-corrected chi connectivity index (χ4v) is 2.68. The van der Waals surface area contributed by atoms with Crippen molar-refractivity contribution in [2.75, 3.05) is 24.3 Å². The Morgan fingerprint density at radius 2 is 2.05 bits per heavy atom. The van der Waals surface area contributed by atoms with Crippen LogP contribution in [0.3, 0.4) is 0 Å². The van der Waals surface area contributed by atoms with Crippen LogP contribution >= 0.6 is 11.8 Å². The molecule has 4 nitrogen and oxygen atoms in total. The quantitative estimate of drug-likeness (QED) is 0.577. The normalized spacial score (nSPS) is 10.9. The number of hydrogen-bond acceptors (Lipinski definition) is 4. The number of thioether (sulfide) groups is 1. The molecule has 2 rings (SSSR count). The van der Waals surface area contributed by atoms with E-state index in [1.165, 1.54) is 18.6 Å². The Balaban J connectivity index is 1.77. The van der Waals surface area contributed by atoms with Gasteiger partial charge in [0.2, 0.25) is 0 Å². The van der Waals surface area contributed by atoms with Crippen LogP contribution in [0.15, 0.2) is 28.7 Å². The summed E-state index contributed by atoms with van der Waals surface area (Å²) in [6.45, 7) is 0.692. The second-order valence-electron chi connectivity index (χ2n) is 5.07. The number of furan rings is 1. The summed E-state index contributed by atoms with van der Waals surface area (Å²) in [5.41, 5.74) is 7.07. The predicted octanol–water partition coefficient (Wildman–Crippen LogP) is 3.67. The highest BCUT2D eigenvalue weighted by Gasteiger charge is 2.11. The van der Waals surface area contributed by atoms with Gasteiger partial charge in [-0.1, -0.05) is 12.8 Å². The van der Waals surface area contributed by atoms with Crippen molar-refractivity contribution >= 4 is 34.3 Å². The van der Waals surface area contributed by atoms with Gasteiger partial charge >= 0.3 is 0 Å². The smallest absolute Gasteiger partial charge is 0.287 e. The highest BCUT2D eigenvalue weighted by molar-refractivity contribution is 7.98. The summed E-state index contributed by atoms with van der Waals surface area (Å²) < 4.78 is 5.52. The van der Waals surface area contributed by atoms with Crippen molar-refractivity contribution in [2.24, 2.45) is 0 Å². The summed E-state index contributed by atoms with van der Waals surface area (Å²) in [5, 5.41) is 3.75. The summed E-state index contributed by atoms with van der Waals surface area (Å²) >= 11 is 1.88. The molecule has 0 saturated heterocycles. The number of hydrogen-bond donors (Lipinski definition) is 2. The van der Waals surface area contributed by atoms with Crippen molar-refractivity contribution < 1.29 is 9.21 Å². The van der Waals surface area contributed by atoms with E-state index < -0.39 is 0 Å². The van der Waals surface area contributed by atoms with Crippen molar-refractivity contribution in [2.45, 2.75) is 25.7 Å². The molecule has 0 aliphatic rings. The number of carbonyl (C=O) groups is 1. The number of benzene rings is 1. The number of nitrogens with two attached hydrogens (primary N) is 1. The van der Waals surface area contributed by atoms with E-state index in [2.05, 4.69) is 11.6 Å². The molecule has 0 radical (unpaired) electrons. The fourth-order valence-electron chi connectivity index (χ4n) is 2.19. The zero-order valence-electron chi connectivity index (χ0n) is 12.4. The predicted molar refractivity (Wildman–Crippen MR) is 89.8 cm³/mol. The SMILES string of the molecule is CSCCCCCCNC(=O)c1cc2cc(N)ccc2o1. The molecule has 21 heavy (non-hydrogen) atoms. The number of fused-ring (bicyclic) bond motifs is 1. The largest absolute Gasteiger partial charge is 0.451 e. The van der Waals surface area contributed by atoms with Crippen molar-refractivity contribution in [1.29, 1.82) is 0 Å². The Morgan fingerprint density at radius 1 is 1.24 bits per heavy atom. The van der Waals surface area contributed by atoms with Crippen molar-refractivity contribution in [3.8, 4) is 0 Å². The zero-order valence-corrected chi connectivity index (χ0v) is 13.2. The van der Waals surface area contributed by atoms with E-state index >= 15 is 0 Å². The average Bonchev–Trinajstić information content (AvgIpc) is 2.89. The molecule has 3 N–H and O–H groups in total. The van der Waals surface area contributed by atoms with Crippen molar-refractivity contribution in [3.63, 3.8) is 0 Å². The summed E-state index contributed by atoms with van der Waals surface area (Å²) in [4.78, 5) is 12.0. The highest BCUT2D eigenvalue weighted by atomic mass is 32.2. The molecule has 0 fully saturated rings. The van der Waals surface area contributed by atoms with Crippen LogP contribution in [0, 0.1) is 0 Å². The molecule has 0 aliphatic heterocycles. The molecular formula is C16H22N2O2S. The van der Waals surface area contributed by atoms with Crippen molar-refractivity contribution in [3.05, 3.63) is 30.0 Å². The third-order valence-corrected chi connectivity index (χ3v) is 4.02. The van der Waals surface area contributed by atoms with E-state index in [1.54, 1.807) is 24.3 Å². The summed E-state index contributed by atoms with van der Waals surface area (Å²) in [6.07, 6.45) is 6.76. The topological polar surface area (TPSA) is 68.3 Å². The molecule has 0 spiro atoms. The van der Waals surface area contributed by atoms with Gasteiger partial charge in [-0.3, -0.25) is 4.79 Å². The Hall–Kier alpha value is -1.62. The van der Waals surface area contributed by atoms with Gasteiger partial charge in [0.15, 0.2) is 5.76 Å². The van der Waals surface area contributed by atoms with Crippen LogP contribution in [0.1, 0.15) is 36.2 Å². The fraction of sp³-hybridized carbons (Fsp3) is 0.438. The molecule has 1 aromatic carbocycles. The van der Waals surface area contributed by atoms with Crippen LogP contribution in [0.5, 0.6) is 0 Å². The number of nitrogen functional groups attached to an aromatic ring is 1. The standard InChI is InChI=1S/C16H22N2O2S/c1-21-9-5-3-2-4-8-18-16(19)15-11-12-10-13(17)6-7-14(12)20-15/h6-7,10-11H,2-5,8-9,17H2,1H3,(H,18,19). The third kappa shape index (κ3) is 4.70. The van der Waals surface area contributed by atoms with Gasteiger partial charge in [-0.05, 0) is 49.1 Å². The van der Waals surface area contributed by atoms with Crippen LogP contribution < -0.4 is 11.1 Å². The second kappa shape index (κ2) is 7.98. The number of anilines is 1. The van der Waals surface area contributed by atoms with Gasteiger partial charge in [-0.2, -0.15) is 11.8 Å². The molecule has 0 atom stereocenters. The first kappa shape index (κ1) is 15.8. The molecular weight excluding hydrogens is 284 g/mol. The molecule has 114 valence electrons. The maximum atomic E-state index is 12.0. The molecule has 1 heterocycles. The summed E-state index contributed by atoms with van der Waals surface area (Å²) in [6, 6.07) is 7.09. The molecule has 2 aromatic rings. The maximum absolute atomic E-state index is 12.0. The minimum absolute atomic E-state index is 0.158. The van der Waals surface area contributed by atoms with Gasteiger partial charge in [0.1, 0.15) is 5.58 Å². The van der Waals surface area contributed by atoms with Gasteiger partial charge in [0, 0.05) is 17.6 Å². The van der Waals surface area contributed by atoms with Crippen molar-refractivity contribution in [1.82, 2.24) is 5.32 Å². The molecule has 0 aliphatic carbocycles. The van der Waals surface area contributed by atoms with Gasteiger partial charge in [-0.25, -0.2) is 0 Å².